The number of hydrogen-bond donors (Lipinski definition) is 1. The van der Waals surface area contributed by atoms with Crippen LogP contribution in [0.4, 0.5) is 4.39 Å². The van der Waals surface area contributed by atoms with Crippen LogP contribution >= 0.6 is 0 Å². The second-order valence-electron chi connectivity index (χ2n) is 4.79. The molecule has 1 aliphatic heterocycles. The molecule has 1 fully saturated rings. The average Bonchev–Trinajstić information content (AvgIpc) is 2.39. The van der Waals surface area contributed by atoms with Gasteiger partial charge in [-0.15, -0.1) is 0 Å². The van der Waals surface area contributed by atoms with E-state index in [9.17, 15) is 9.18 Å². The maximum atomic E-state index is 13.6. The van der Waals surface area contributed by atoms with Gasteiger partial charge < -0.3 is 15.0 Å². The maximum absolute atomic E-state index is 13.6. The Morgan fingerprint density at radius 2 is 2.37 bits per heavy atom. The zero-order chi connectivity index (χ0) is 13.8. The molecular formula is C14H19FN2O2. The first kappa shape index (κ1) is 13.8. The lowest BCUT2D eigenvalue weighted by atomic mass is 10.1. The van der Waals surface area contributed by atoms with Crippen LogP contribution in [0.15, 0.2) is 18.2 Å². The summed E-state index contributed by atoms with van der Waals surface area (Å²) in [5.74, 6) is -0.188. The van der Waals surface area contributed by atoms with Crippen molar-refractivity contribution in [1.82, 2.24) is 10.2 Å². The molecule has 2 rings (SSSR count). The van der Waals surface area contributed by atoms with Crippen LogP contribution in [-0.4, -0.2) is 43.6 Å². The molecule has 1 saturated heterocycles. The number of amides is 1. The fourth-order valence-electron chi connectivity index (χ4n) is 2.31. The third kappa shape index (κ3) is 3.23. The molecule has 1 aromatic rings. The second-order valence-corrected chi connectivity index (χ2v) is 4.79. The minimum absolute atomic E-state index is 0.0403. The van der Waals surface area contributed by atoms with E-state index in [1.165, 1.54) is 13.2 Å². The molecule has 0 spiro atoms. The summed E-state index contributed by atoms with van der Waals surface area (Å²) in [7, 11) is 1.42. The van der Waals surface area contributed by atoms with Gasteiger partial charge in [-0.2, -0.15) is 0 Å². The fourth-order valence-corrected chi connectivity index (χ4v) is 2.31. The van der Waals surface area contributed by atoms with Gasteiger partial charge in [-0.1, -0.05) is 6.07 Å². The Kier molecular flexibility index (Phi) is 4.37. The zero-order valence-corrected chi connectivity index (χ0v) is 11.3. The smallest absolute Gasteiger partial charge is 0.227 e. The van der Waals surface area contributed by atoms with Gasteiger partial charge in [-0.05, 0) is 24.6 Å². The quantitative estimate of drug-likeness (QED) is 0.893. The first-order chi connectivity index (χ1) is 9.11. The number of nitrogens with zero attached hydrogens (tertiary/aromatic N) is 1. The maximum Gasteiger partial charge on any atom is 0.227 e. The number of rotatable bonds is 3. The minimum Gasteiger partial charge on any atom is -0.494 e. The molecule has 0 aromatic heterocycles. The van der Waals surface area contributed by atoms with Crippen molar-refractivity contribution in [1.29, 1.82) is 0 Å². The van der Waals surface area contributed by atoms with Gasteiger partial charge >= 0.3 is 0 Å². The Hall–Kier alpha value is -1.62. The van der Waals surface area contributed by atoms with Crippen LogP contribution in [0.3, 0.4) is 0 Å². The summed E-state index contributed by atoms with van der Waals surface area (Å²) in [4.78, 5) is 14.0. The molecule has 0 bridgehead atoms. The third-order valence-electron chi connectivity index (χ3n) is 3.39. The van der Waals surface area contributed by atoms with E-state index in [1.54, 1.807) is 12.1 Å². The van der Waals surface area contributed by atoms with Gasteiger partial charge in [0.1, 0.15) is 0 Å². The van der Waals surface area contributed by atoms with Crippen LogP contribution in [0.1, 0.15) is 12.5 Å². The highest BCUT2D eigenvalue weighted by molar-refractivity contribution is 5.79. The summed E-state index contributed by atoms with van der Waals surface area (Å²) >= 11 is 0. The molecule has 0 radical (unpaired) electrons. The Morgan fingerprint density at radius 1 is 1.58 bits per heavy atom. The Balaban J connectivity index is 2.04. The predicted molar refractivity (Wildman–Crippen MR) is 70.7 cm³/mol. The first-order valence-electron chi connectivity index (χ1n) is 6.44. The fraction of sp³-hybridized carbons (Fsp3) is 0.500. The van der Waals surface area contributed by atoms with E-state index < -0.39 is 5.82 Å². The molecular weight excluding hydrogens is 247 g/mol. The van der Waals surface area contributed by atoms with Crippen LogP contribution in [0.2, 0.25) is 0 Å². The lowest BCUT2D eigenvalue weighted by molar-refractivity contribution is -0.133. The van der Waals surface area contributed by atoms with Crippen LogP contribution in [0.5, 0.6) is 5.75 Å². The average molecular weight is 266 g/mol. The lowest BCUT2D eigenvalue weighted by Gasteiger charge is -2.34. The first-order valence-corrected chi connectivity index (χ1v) is 6.44. The van der Waals surface area contributed by atoms with Gasteiger partial charge in [0.15, 0.2) is 11.6 Å². The number of piperazine rings is 1. The predicted octanol–water partition coefficient (Wildman–Crippen LogP) is 1.20. The largest absolute Gasteiger partial charge is 0.494 e. The monoisotopic (exact) mass is 266 g/mol. The molecule has 0 aliphatic carbocycles. The van der Waals surface area contributed by atoms with Gasteiger partial charge in [0.2, 0.25) is 5.91 Å². The molecule has 1 aromatic carbocycles. The number of ether oxygens (including phenoxy) is 1. The normalized spacial score (nSPS) is 19.3. The summed E-state index contributed by atoms with van der Waals surface area (Å²) in [5.41, 5.74) is 0.675. The van der Waals surface area contributed by atoms with E-state index in [0.29, 0.717) is 12.1 Å². The van der Waals surface area contributed by atoms with Gasteiger partial charge in [0, 0.05) is 25.7 Å². The molecule has 5 heteroatoms. The minimum atomic E-state index is -0.429. The van der Waals surface area contributed by atoms with Crippen molar-refractivity contribution in [3.05, 3.63) is 29.6 Å². The van der Waals surface area contributed by atoms with Crippen molar-refractivity contribution in [3.63, 3.8) is 0 Å². The van der Waals surface area contributed by atoms with Crippen LogP contribution in [0.25, 0.3) is 0 Å². The highest BCUT2D eigenvalue weighted by atomic mass is 19.1. The van der Waals surface area contributed by atoms with Crippen molar-refractivity contribution >= 4 is 5.91 Å². The number of benzene rings is 1. The van der Waals surface area contributed by atoms with Gasteiger partial charge in [0.05, 0.1) is 13.5 Å². The number of hydrogen-bond acceptors (Lipinski definition) is 3. The van der Waals surface area contributed by atoms with Crippen molar-refractivity contribution in [3.8, 4) is 5.75 Å². The number of methoxy groups -OCH3 is 1. The standard InChI is InChI=1S/C14H19FN2O2/c1-10-9-16-5-6-17(10)14(18)8-11-3-4-13(19-2)12(15)7-11/h3-4,7,10,16H,5-6,8-9H2,1-2H3. The van der Waals surface area contributed by atoms with Crippen LogP contribution < -0.4 is 10.1 Å². The molecule has 19 heavy (non-hydrogen) atoms. The highest BCUT2D eigenvalue weighted by Gasteiger charge is 2.23. The summed E-state index contributed by atoms with van der Waals surface area (Å²) in [6, 6.07) is 4.83. The van der Waals surface area contributed by atoms with Crippen molar-refractivity contribution < 1.29 is 13.9 Å². The SMILES string of the molecule is COc1ccc(CC(=O)N2CCNCC2C)cc1F. The number of halogens is 1. The van der Waals surface area contributed by atoms with Gasteiger partial charge in [-0.25, -0.2) is 4.39 Å². The van der Waals surface area contributed by atoms with Crippen molar-refractivity contribution in [2.75, 3.05) is 26.7 Å². The van der Waals surface area contributed by atoms with E-state index in [4.69, 9.17) is 4.74 Å². The number of nitrogens with one attached hydrogen (secondary N) is 1. The molecule has 104 valence electrons. The molecule has 4 nitrogen and oxygen atoms in total. The summed E-state index contributed by atoms with van der Waals surface area (Å²) in [6.45, 7) is 4.34. The van der Waals surface area contributed by atoms with E-state index in [2.05, 4.69) is 5.32 Å². The molecule has 1 amide bonds. The summed E-state index contributed by atoms with van der Waals surface area (Å²) in [5, 5.41) is 3.24. The third-order valence-corrected chi connectivity index (χ3v) is 3.39. The van der Waals surface area contributed by atoms with Crippen molar-refractivity contribution in [2.24, 2.45) is 0 Å². The Morgan fingerprint density at radius 3 is 3.00 bits per heavy atom. The van der Waals surface area contributed by atoms with Crippen molar-refractivity contribution in [2.45, 2.75) is 19.4 Å². The van der Waals surface area contributed by atoms with E-state index in [-0.39, 0.29) is 24.1 Å². The van der Waals surface area contributed by atoms with Crippen LogP contribution in [-0.2, 0) is 11.2 Å². The van der Waals surface area contributed by atoms with E-state index >= 15 is 0 Å². The highest BCUT2D eigenvalue weighted by Crippen LogP contribution is 2.18. The molecule has 1 aliphatic rings. The van der Waals surface area contributed by atoms with Gasteiger partial charge in [0.25, 0.3) is 0 Å². The van der Waals surface area contributed by atoms with Crippen LogP contribution in [0, 0.1) is 5.82 Å². The summed E-state index contributed by atoms with van der Waals surface area (Å²) < 4.78 is 18.4. The van der Waals surface area contributed by atoms with E-state index in [1.807, 2.05) is 11.8 Å². The zero-order valence-electron chi connectivity index (χ0n) is 11.3. The molecule has 0 saturated carbocycles. The van der Waals surface area contributed by atoms with Gasteiger partial charge in [-0.3, -0.25) is 4.79 Å². The topological polar surface area (TPSA) is 41.6 Å². The molecule has 1 heterocycles. The lowest BCUT2D eigenvalue weighted by Crippen LogP contribution is -2.52. The number of carbonyl (C=O) groups excluding carboxylic acids is 1. The second kappa shape index (κ2) is 6.02. The molecule has 1 unspecified atom stereocenters. The number of carbonyl (C=O) groups is 1. The summed E-state index contributed by atoms with van der Waals surface area (Å²) in [6.07, 6.45) is 0.227. The van der Waals surface area contributed by atoms with E-state index in [0.717, 1.165) is 13.1 Å². The molecule has 1 N–H and O–H groups in total. The Labute approximate surface area is 112 Å². The molecule has 1 atom stereocenters. The Bertz CT molecular complexity index is 465.